The molecule has 1 saturated heterocycles. The molecule has 1 aliphatic rings. The number of carbonyl (C=O) groups is 2. The summed E-state index contributed by atoms with van der Waals surface area (Å²) in [5.74, 6) is -2.67. The number of nitrogens with zero attached hydrogens (tertiary/aromatic N) is 1. The van der Waals surface area contributed by atoms with Gasteiger partial charge < -0.3 is 10.0 Å². The minimum atomic E-state index is -3.68. The van der Waals surface area contributed by atoms with Crippen molar-refractivity contribution in [3.8, 4) is 0 Å². The van der Waals surface area contributed by atoms with Crippen molar-refractivity contribution < 1.29 is 23.1 Å². The molecule has 0 spiro atoms. The van der Waals surface area contributed by atoms with Crippen LogP contribution in [-0.4, -0.2) is 48.6 Å². The Morgan fingerprint density at radius 3 is 2.36 bits per heavy atom. The highest BCUT2D eigenvalue weighted by Crippen LogP contribution is 2.14. The molecule has 0 aromatic rings. The van der Waals surface area contributed by atoms with E-state index in [4.69, 9.17) is 10.2 Å². The Hall–Kier alpha value is -1.15. The van der Waals surface area contributed by atoms with E-state index in [0.29, 0.717) is 0 Å². The highest BCUT2D eigenvalue weighted by Gasteiger charge is 2.35. The number of carboxylic acids is 1. The number of sulfonamides is 1. The third kappa shape index (κ3) is 2.20. The first kappa shape index (κ1) is 10.9. The van der Waals surface area contributed by atoms with Crippen LogP contribution in [0.1, 0.15) is 6.42 Å². The highest BCUT2D eigenvalue weighted by molar-refractivity contribution is 7.89. The molecule has 1 rings (SSSR count). The van der Waals surface area contributed by atoms with E-state index < -0.39 is 27.1 Å². The minimum absolute atomic E-state index is 0.117. The van der Waals surface area contributed by atoms with Gasteiger partial charge in [0.25, 0.3) is 0 Å². The molecule has 0 aromatic heterocycles. The molecule has 0 aliphatic carbocycles. The number of carbonyl (C=O) groups excluding carboxylic acids is 1. The topological polar surface area (TPSA) is 118 Å². The lowest BCUT2D eigenvalue weighted by atomic mass is 10.4. The standard InChI is InChI=1S/C6H10N2O5S/c7-14(12,13)4-1-2-8(3-4)5(9)6(10)11/h4H,1-3H2,(H,10,11)(H2,7,12,13). The quantitative estimate of drug-likeness (QED) is 0.495. The van der Waals surface area contributed by atoms with Gasteiger partial charge >= 0.3 is 11.9 Å². The van der Waals surface area contributed by atoms with Crippen LogP contribution in [0, 0.1) is 0 Å². The highest BCUT2D eigenvalue weighted by atomic mass is 32.2. The Kier molecular flexibility index (Phi) is 2.76. The molecule has 0 bridgehead atoms. The number of carboxylic acid groups (broad SMARTS) is 1. The fraction of sp³-hybridized carbons (Fsp3) is 0.667. The van der Waals surface area contributed by atoms with Gasteiger partial charge in [-0.25, -0.2) is 18.4 Å². The predicted octanol–water partition coefficient (Wildman–Crippen LogP) is -2.04. The van der Waals surface area contributed by atoms with Crippen molar-refractivity contribution in [1.82, 2.24) is 4.90 Å². The molecule has 14 heavy (non-hydrogen) atoms. The molecule has 0 saturated carbocycles. The Morgan fingerprint density at radius 2 is 2.00 bits per heavy atom. The Labute approximate surface area is 80.5 Å². The van der Waals surface area contributed by atoms with Crippen LogP contribution in [-0.2, 0) is 19.6 Å². The number of hydrogen-bond acceptors (Lipinski definition) is 4. The largest absolute Gasteiger partial charge is 0.474 e. The molecule has 1 fully saturated rings. The van der Waals surface area contributed by atoms with Crippen LogP contribution in [0.2, 0.25) is 0 Å². The molecule has 1 atom stereocenters. The summed E-state index contributed by atoms with van der Waals surface area (Å²) >= 11 is 0. The van der Waals surface area contributed by atoms with E-state index in [1.54, 1.807) is 0 Å². The van der Waals surface area contributed by atoms with E-state index in [-0.39, 0.29) is 19.5 Å². The van der Waals surface area contributed by atoms with Crippen molar-refractivity contribution >= 4 is 21.9 Å². The van der Waals surface area contributed by atoms with Gasteiger partial charge in [-0.3, -0.25) is 4.79 Å². The second kappa shape index (κ2) is 3.54. The van der Waals surface area contributed by atoms with Gasteiger partial charge in [0, 0.05) is 13.1 Å². The van der Waals surface area contributed by atoms with E-state index in [1.807, 2.05) is 0 Å². The second-order valence-electron chi connectivity index (χ2n) is 3.06. The van der Waals surface area contributed by atoms with Gasteiger partial charge in [0.05, 0.1) is 5.25 Å². The van der Waals surface area contributed by atoms with Gasteiger partial charge in [-0.2, -0.15) is 0 Å². The van der Waals surface area contributed by atoms with Gasteiger partial charge in [0.2, 0.25) is 10.0 Å². The summed E-state index contributed by atoms with van der Waals surface area (Å²) in [4.78, 5) is 22.1. The summed E-state index contributed by atoms with van der Waals surface area (Å²) in [5.41, 5.74) is 0. The van der Waals surface area contributed by atoms with Crippen molar-refractivity contribution in [2.24, 2.45) is 5.14 Å². The van der Waals surface area contributed by atoms with Crippen molar-refractivity contribution in [2.75, 3.05) is 13.1 Å². The molecule has 3 N–H and O–H groups in total. The average Bonchev–Trinajstić information content (AvgIpc) is 2.49. The van der Waals surface area contributed by atoms with Gasteiger partial charge in [-0.05, 0) is 6.42 Å². The first-order valence-corrected chi connectivity index (χ1v) is 5.47. The summed E-state index contributed by atoms with van der Waals surface area (Å²) in [7, 11) is -3.68. The summed E-state index contributed by atoms with van der Waals surface area (Å²) in [6.45, 7) is -0.0177. The normalized spacial score (nSPS) is 22.4. The van der Waals surface area contributed by atoms with Crippen LogP contribution in [0.5, 0.6) is 0 Å². The number of nitrogens with two attached hydrogens (primary N) is 1. The molecule has 80 valence electrons. The molecule has 7 nitrogen and oxygen atoms in total. The van der Waals surface area contributed by atoms with E-state index in [2.05, 4.69) is 0 Å². The van der Waals surface area contributed by atoms with Gasteiger partial charge in [0.15, 0.2) is 0 Å². The fourth-order valence-electron chi connectivity index (χ4n) is 1.32. The molecule has 1 unspecified atom stereocenters. The third-order valence-corrected chi connectivity index (χ3v) is 3.39. The van der Waals surface area contributed by atoms with Gasteiger partial charge in [-0.15, -0.1) is 0 Å². The SMILES string of the molecule is NS(=O)(=O)C1CCN(C(=O)C(=O)O)C1. The van der Waals surface area contributed by atoms with E-state index in [0.717, 1.165) is 4.90 Å². The minimum Gasteiger partial charge on any atom is -0.474 e. The number of amides is 1. The fourth-order valence-corrected chi connectivity index (χ4v) is 2.14. The number of hydrogen-bond donors (Lipinski definition) is 2. The van der Waals surface area contributed by atoms with Crippen LogP contribution in [0.3, 0.4) is 0 Å². The summed E-state index contributed by atoms with van der Waals surface area (Å²) in [5, 5.41) is 12.4. The smallest absolute Gasteiger partial charge is 0.394 e. The van der Waals surface area contributed by atoms with E-state index >= 15 is 0 Å². The summed E-state index contributed by atoms with van der Waals surface area (Å²) in [6, 6.07) is 0. The first-order valence-electron chi connectivity index (χ1n) is 3.86. The van der Waals surface area contributed by atoms with Crippen LogP contribution in [0.25, 0.3) is 0 Å². The average molecular weight is 222 g/mol. The third-order valence-electron chi connectivity index (χ3n) is 2.08. The van der Waals surface area contributed by atoms with Gasteiger partial charge in [-0.1, -0.05) is 0 Å². The molecule has 8 heteroatoms. The molecule has 0 aromatic carbocycles. The molecular formula is C6H10N2O5S. The van der Waals surface area contributed by atoms with Crippen molar-refractivity contribution in [2.45, 2.75) is 11.7 Å². The lowest BCUT2D eigenvalue weighted by molar-refractivity contribution is -0.155. The molecule has 1 heterocycles. The molecular weight excluding hydrogens is 212 g/mol. The summed E-state index contributed by atoms with van der Waals surface area (Å²) in [6.07, 6.45) is 0.192. The zero-order chi connectivity index (χ0) is 10.9. The second-order valence-corrected chi connectivity index (χ2v) is 4.90. The lowest BCUT2D eigenvalue weighted by Gasteiger charge is -2.12. The monoisotopic (exact) mass is 222 g/mol. The van der Waals surface area contributed by atoms with Crippen LogP contribution >= 0.6 is 0 Å². The van der Waals surface area contributed by atoms with Crippen molar-refractivity contribution in [3.05, 3.63) is 0 Å². The Balaban J connectivity index is 2.67. The maximum absolute atomic E-state index is 10.9. The van der Waals surface area contributed by atoms with Crippen molar-refractivity contribution in [1.29, 1.82) is 0 Å². The first-order chi connectivity index (χ1) is 6.32. The maximum Gasteiger partial charge on any atom is 0.394 e. The van der Waals surface area contributed by atoms with Crippen molar-refractivity contribution in [3.63, 3.8) is 0 Å². The number of likely N-dealkylation sites (tertiary alicyclic amines) is 1. The zero-order valence-electron chi connectivity index (χ0n) is 7.21. The zero-order valence-corrected chi connectivity index (χ0v) is 8.03. The van der Waals surface area contributed by atoms with Crippen LogP contribution in [0.15, 0.2) is 0 Å². The summed E-state index contributed by atoms with van der Waals surface area (Å²) < 4.78 is 21.7. The van der Waals surface area contributed by atoms with Crippen LogP contribution in [0.4, 0.5) is 0 Å². The van der Waals surface area contributed by atoms with Crippen LogP contribution < -0.4 is 5.14 Å². The number of primary sulfonamides is 1. The molecule has 1 amide bonds. The predicted molar refractivity (Wildman–Crippen MR) is 45.7 cm³/mol. The Bertz CT molecular complexity index is 362. The number of rotatable bonds is 1. The molecule has 1 aliphatic heterocycles. The van der Waals surface area contributed by atoms with Gasteiger partial charge in [0.1, 0.15) is 0 Å². The molecule has 0 radical (unpaired) electrons. The van der Waals surface area contributed by atoms with E-state index in [1.165, 1.54) is 0 Å². The number of aliphatic carboxylic acids is 1. The van der Waals surface area contributed by atoms with E-state index in [9.17, 15) is 18.0 Å². The Morgan fingerprint density at radius 1 is 1.43 bits per heavy atom. The maximum atomic E-state index is 10.9. The lowest BCUT2D eigenvalue weighted by Crippen LogP contribution is -2.37.